The van der Waals surface area contributed by atoms with Crippen LogP contribution in [0.25, 0.3) is 0 Å². The van der Waals surface area contributed by atoms with Gasteiger partial charge in [-0.2, -0.15) is 4.98 Å². The van der Waals surface area contributed by atoms with E-state index in [0.29, 0.717) is 25.0 Å². The fraction of sp³-hybridized carbons (Fsp3) is 0.692. The number of hydrazine groups is 1. The summed E-state index contributed by atoms with van der Waals surface area (Å²) in [7, 11) is 0. The summed E-state index contributed by atoms with van der Waals surface area (Å²) in [6.07, 6.45) is 5.51. The fourth-order valence-electron chi connectivity index (χ4n) is 2.87. The van der Waals surface area contributed by atoms with Crippen molar-refractivity contribution in [1.29, 1.82) is 0 Å². The van der Waals surface area contributed by atoms with Crippen molar-refractivity contribution in [2.75, 3.05) is 31.3 Å². The van der Waals surface area contributed by atoms with Gasteiger partial charge in [0.05, 0.1) is 5.56 Å². The van der Waals surface area contributed by atoms with Gasteiger partial charge in [-0.1, -0.05) is 6.42 Å². The third kappa shape index (κ3) is 2.62. The smallest absolute Gasteiger partial charge is 0.245 e. The first kappa shape index (κ1) is 13.7. The third-order valence-corrected chi connectivity index (χ3v) is 3.92. The Hall–Kier alpha value is -1.28. The number of nitrogens with zero attached hydrogens (tertiary/aromatic N) is 4. The minimum absolute atomic E-state index is 0.0598. The van der Waals surface area contributed by atoms with Crippen molar-refractivity contribution in [2.45, 2.75) is 32.7 Å². The lowest BCUT2D eigenvalue weighted by Crippen LogP contribution is -3.05. The van der Waals surface area contributed by atoms with Crippen molar-refractivity contribution >= 4 is 11.8 Å². The highest BCUT2D eigenvalue weighted by Gasteiger charge is 2.23. The minimum Gasteiger partial charge on any atom is -0.627 e. The molecular weight excluding hydrogens is 256 g/mol. The molecule has 2 aliphatic rings. The van der Waals surface area contributed by atoms with Crippen molar-refractivity contribution in [3.63, 3.8) is 0 Å². The molecule has 1 atom stereocenters. The van der Waals surface area contributed by atoms with Crippen LogP contribution in [0.3, 0.4) is 0 Å². The van der Waals surface area contributed by atoms with Crippen molar-refractivity contribution in [3.8, 4) is 0 Å². The second kappa shape index (κ2) is 6.01. The van der Waals surface area contributed by atoms with Gasteiger partial charge in [0, 0.05) is 32.4 Å². The molecule has 1 aromatic heterocycles. The molecule has 7 heteroatoms. The standard InChI is InChI=1S/C13H22N6O/c1-2-18(17-6-4-3-5-7-17)13-15-9-11-8-14-10-19(20)12(11)16-13/h9,14,19H,2-8,10H2,1H3. The number of anilines is 1. The average Bonchev–Trinajstić information content (AvgIpc) is 2.50. The molecule has 110 valence electrons. The largest absolute Gasteiger partial charge is 0.627 e. The SMILES string of the molecule is CCN(c1ncc2c(n1)[NH+]([O-])CNC2)N1CCCCC1. The van der Waals surface area contributed by atoms with E-state index in [-0.39, 0.29) is 5.06 Å². The van der Waals surface area contributed by atoms with Crippen LogP contribution < -0.4 is 15.4 Å². The van der Waals surface area contributed by atoms with Gasteiger partial charge in [0.15, 0.2) is 0 Å². The Kier molecular flexibility index (Phi) is 4.11. The van der Waals surface area contributed by atoms with E-state index in [9.17, 15) is 5.21 Å². The summed E-state index contributed by atoms with van der Waals surface area (Å²) < 4.78 is 0. The number of aromatic nitrogens is 2. The van der Waals surface area contributed by atoms with E-state index in [1.165, 1.54) is 19.3 Å². The molecule has 1 aromatic rings. The van der Waals surface area contributed by atoms with Gasteiger partial charge in [-0.05, 0) is 19.8 Å². The molecule has 1 unspecified atom stereocenters. The molecule has 20 heavy (non-hydrogen) atoms. The van der Waals surface area contributed by atoms with Crippen LogP contribution in [0.5, 0.6) is 0 Å². The summed E-state index contributed by atoms with van der Waals surface area (Å²) in [5, 5.41) is 19.5. The van der Waals surface area contributed by atoms with E-state index >= 15 is 0 Å². The van der Waals surface area contributed by atoms with E-state index in [1.807, 2.05) is 0 Å². The van der Waals surface area contributed by atoms with Crippen LogP contribution in [0.2, 0.25) is 0 Å². The first-order valence-electron chi connectivity index (χ1n) is 7.42. The van der Waals surface area contributed by atoms with E-state index in [1.54, 1.807) is 6.20 Å². The summed E-state index contributed by atoms with van der Waals surface area (Å²) in [5.74, 6) is 1.24. The zero-order valence-corrected chi connectivity index (χ0v) is 11.9. The second-order valence-corrected chi connectivity index (χ2v) is 5.30. The summed E-state index contributed by atoms with van der Waals surface area (Å²) in [6.45, 7) is 6.07. The number of hydrogen-bond donors (Lipinski definition) is 2. The van der Waals surface area contributed by atoms with E-state index < -0.39 is 0 Å². The van der Waals surface area contributed by atoms with Crippen molar-refractivity contribution in [1.82, 2.24) is 20.3 Å². The van der Waals surface area contributed by atoms with Gasteiger partial charge in [-0.25, -0.2) is 9.99 Å². The van der Waals surface area contributed by atoms with Gasteiger partial charge >= 0.3 is 0 Å². The number of fused-ring (bicyclic) bond motifs is 1. The van der Waals surface area contributed by atoms with Crippen LogP contribution in [-0.2, 0) is 6.54 Å². The zero-order chi connectivity index (χ0) is 13.9. The highest BCUT2D eigenvalue weighted by atomic mass is 16.5. The van der Waals surface area contributed by atoms with E-state index in [0.717, 1.165) is 25.2 Å². The Bertz CT molecular complexity index is 462. The van der Waals surface area contributed by atoms with Crippen molar-refractivity contribution in [2.24, 2.45) is 0 Å². The van der Waals surface area contributed by atoms with Gasteiger partial charge in [0.2, 0.25) is 11.8 Å². The van der Waals surface area contributed by atoms with Gasteiger partial charge in [0.1, 0.15) is 6.67 Å². The molecular formula is C13H22N6O. The molecule has 1 fully saturated rings. The Morgan fingerprint density at radius 3 is 2.95 bits per heavy atom. The highest BCUT2D eigenvalue weighted by molar-refractivity contribution is 5.39. The molecule has 0 spiro atoms. The summed E-state index contributed by atoms with van der Waals surface area (Å²) in [6, 6.07) is 0. The van der Waals surface area contributed by atoms with Gasteiger partial charge in [-0.15, -0.1) is 0 Å². The lowest BCUT2D eigenvalue weighted by molar-refractivity contribution is -0.786. The predicted octanol–water partition coefficient (Wildman–Crippen LogP) is -0.221. The topological polar surface area (TPSA) is 71.8 Å². The quantitative estimate of drug-likeness (QED) is 0.745. The van der Waals surface area contributed by atoms with Crippen molar-refractivity contribution < 1.29 is 5.06 Å². The molecule has 0 aromatic carbocycles. The number of hydrogen-bond acceptors (Lipinski definition) is 6. The zero-order valence-electron chi connectivity index (χ0n) is 11.9. The molecule has 1 saturated heterocycles. The predicted molar refractivity (Wildman–Crippen MR) is 76.2 cm³/mol. The molecule has 2 N–H and O–H groups in total. The van der Waals surface area contributed by atoms with Crippen LogP contribution in [-0.4, -0.2) is 41.3 Å². The molecule has 2 aliphatic heterocycles. The number of piperidine rings is 1. The van der Waals surface area contributed by atoms with Crippen LogP contribution in [0.4, 0.5) is 11.8 Å². The van der Waals surface area contributed by atoms with Gasteiger partial charge in [0.25, 0.3) is 0 Å². The number of nitrogens with one attached hydrogen (secondary N) is 2. The van der Waals surface area contributed by atoms with Crippen LogP contribution in [0.1, 0.15) is 31.7 Å². The molecule has 0 amide bonds. The summed E-state index contributed by atoms with van der Waals surface area (Å²) in [5.41, 5.74) is 0.902. The molecule has 0 bridgehead atoms. The van der Waals surface area contributed by atoms with E-state index in [4.69, 9.17) is 0 Å². The Morgan fingerprint density at radius 1 is 1.40 bits per heavy atom. The van der Waals surface area contributed by atoms with Crippen LogP contribution in [0, 0.1) is 5.21 Å². The Balaban J connectivity index is 1.86. The third-order valence-electron chi connectivity index (χ3n) is 3.92. The van der Waals surface area contributed by atoms with Gasteiger partial charge in [-0.3, -0.25) is 10.3 Å². The first-order valence-corrected chi connectivity index (χ1v) is 7.42. The lowest BCUT2D eigenvalue weighted by atomic mass is 10.2. The highest BCUT2D eigenvalue weighted by Crippen LogP contribution is 2.19. The summed E-state index contributed by atoms with van der Waals surface area (Å²) in [4.78, 5) is 8.98. The molecule has 0 radical (unpaired) electrons. The van der Waals surface area contributed by atoms with Crippen LogP contribution >= 0.6 is 0 Å². The van der Waals surface area contributed by atoms with Crippen molar-refractivity contribution in [3.05, 3.63) is 17.0 Å². The van der Waals surface area contributed by atoms with Gasteiger partial charge < -0.3 is 10.3 Å². The van der Waals surface area contributed by atoms with E-state index in [2.05, 4.69) is 32.2 Å². The maximum atomic E-state index is 11.9. The molecule has 0 aliphatic carbocycles. The fourth-order valence-corrected chi connectivity index (χ4v) is 2.87. The number of rotatable bonds is 3. The summed E-state index contributed by atoms with van der Waals surface area (Å²) >= 11 is 0. The van der Waals surface area contributed by atoms with Crippen LogP contribution in [0.15, 0.2) is 6.20 Å². The Morgan fingerprint density at radius 2 is 2.20 bits per heavy atom. The molecule has 3 heterocycles. The normalized spacial score (nSPS) is 23.4. The first-order chi connectivity index (χ1) is 9.79. The molecule has 0 saturated carbocycles. The second-order valence-electron chi connectivity index (χ2n) is 5.30. The minimum atomic E-state index is 0.0598. The monoisotopic (exact) mass is 278 g/mol. The molecule has 7 nitrogen and oxygen atoms in total. The maximum Gasteiger partial charge on any atom is 0.245 e. The maximum absolute atomic E-state index is 11.9. The molecule has 3 rings (SSSR count). The lowest BCUT2D eigenvalue weighted by Gasteiger charge is -2.37. The number of hydroxylamine groups is 1. The number of quaternary nitrogens is 1. The average molecular weight is 278 g/mol. The Labute approximate surface area is 119 Å².